The standard InChI is InChI=1S/C20H23ClN2O3S/c1-15-5-4-12-23(14-15)20(24)16-6-3-7-18(13-16)22(2)27(25,26)19-10-8-17(21)9-11-19/h3,6-11,13,15H,4-5,12,14H2,1-2H3/t15-/m1/s1. The van der Waals surface area contributed by atoms with Crippen molar-refractivity contribution in [2.75, 3.05) is 24.4 Å². The minimum Gasteiger partial charge on any atom is -0.338 e. The monoisotopic (exact) mass is 406 g/mol. The molecule has 144 valence electrons. The van der Waals surface area contributed by atoms with Crippen molar-refractivity contribution in [2.24, 2.45) is 5.92 Å². The Morgan fingerprint density at radius 3 is 2.56 bits per heavy atom. The molecule has 0 bridgehead atoms. The number of sulfonamides is 1. The van der Waals surface area contributed by atoms with Crippen molar-refractivity contribution in [3.05, 3.63) is 59.1 Å². The second kappa shape index (κ2) is 7.90. The van der Waals surface area contributed by atoms with Crippen LogP contribution in [-0.2, 0) is 10.0 Å². The molecular formula is C20H23ClN2O3S. The normalized spacial score (nSPS) is 17.6. The summed E-state index contributed by atoms with van der Waals surface area (Å²) in [5.74, 6) is 0.430. The SMILES string of the molecule is C[C@@H]1CCCN(C(=O)c2cccc(N(C)S(=O)(=O)c3ccc(Cl)cc3)c2)C1. The molecule has 0 aliphatic carbocycles. The van der Waals surface area contributed by atoms with Crippen LogP contribution in [0.3, 0.4) is 0 Å². The predicted molar refractivity (Wildman–Crippen MR) is 108 cm³/mol. The molecule has 1 aliphatic heterocycles. The van der Waals surface area contributed by atoms with Gasteiger partial charge in [-0.05, 0) is 61.2 Å². The highest BCUT2D eigenvalue weighted by Gasteiger charge is 2.25. The van der Waals surface area contributed by atoms with Crippen molar-refractivity contribution in [3.8, 4) is 0 Å². The largest absolute Gasteiger partial charge is 0.338 e. The predicted octanol–water partition coefficient (Wildman–Crippen LogP) is 4.04. The number of anilines is 1. The number of hydrogen-bond donors (Lipinski definition) is 0. The van der Waals surface area contributed by atoms with Crippen molar-refractivity contribution < 1.29 is 13.2 Å². The van der Waals surface area contributed by atoms with Gasteiger partial charge in [0.2, 0.25) is 0 Å². The molecule has 7 heteroatoms. The molecule has 1 saturated heterocycles. The van der Waals surface area contributed by atoms with Gasteiger partial charge in [0.05, 0.1) is 10.6 Å². The van der Waals surface area contributed by atoms with E-state index in [9.17, 15) is 13.2 Å². The molecule has 0 radical (unpaired) electrons. The number of carbonyl (C=O) groups is 1. The Kier molecular flexibility index (Phi) is 5.77. The summed E-state index contributed by atoms with van der Waals surface area (Å²) in [6, 6.07) is 12.8. The number of amides is 1. The van der Waals surface area contributed by atoms with E-state index in [2.05, 4.69) is 6.92 Å². The lowest BCUT2D eigenvalue weighted by Crippen LogP contribution is -2.39. The maximum atomic E-state index is 12.9. The summed E-state index contributed by atoms with van der Waals surface area (Å²) in [6.07, 6.45) is 2.13. The zero-order chi connectivity index (χ0) is 19.6. The number of piperidine rings is 1. The summed E-state index contributed by atoms with van der Waals surface area (Å²) >= 11 is 5.85. The third-order valence-corrected chi connectivity index (χ3v) is 6.92. The highest BCUT2D eigenvalue weighted by Crippen LogP contribution is 2.25. The lowest BCUT2D eigenvalue weighted by atomic mass is 9.99. The maximum Gasteiger partial charge on any atom is 0.264 e. The Morgan fingerprint density at radius 1 is 1.19 bits per heavy atom. The van der Waals surface area contributed by atoms with Crippen LogP contribution in [0.2, 0.25) is 5.02 Å². The summed E-state index contributed by atoms with van der Waals surface area (Å²) in [6.45, 7) is 3.62. The van der Waals surface area contributed by atoms with Gasteiger partial charge in [0, 0.05) is 30.7 Å². The van der Waals surface area contributed by atoms with E-state index in [1.54, 1.807) is 36.4 Å². The average Bonchev–Trinajstić information content (AvgIpc) is 2.67. The van der Waals surface area contributed by atoms with E-state index in [0.29, 0.717) is 22.2 Å². The molecule has 2 aromatic carbocycles. The minimum atomic E-state index is -3.74. The summed E-state index contributed by atoms with van der Waals surface area (Å²) in [7, 11) is -2.25. The van der Waals surface area contributed by atoms with E-state index in [1.807, 2.05) is 4.90 Å². The number of rotatable bonds is 4. The van der Waals surface area contributed by atoms with Gasteiger partial charge in [-0.1, -0.05) is 24.6 Å². The molecular weight excluding hydrogens is 384 g/mol. The molecule has 5 nitrogen and oxygen atoms in total. The molecule has 0 spiro atoms. The number of hydrogen-bond acceptors (Lipinski definition) is 3. The Labute approximate surface area is 165 Å². The summed E-state index contributed by atoms with van der Waals surface area (Å²) in [5, 5.41) is 0.472. The molecule has 1 atom stereocenters. The molecule has 0 unspecified atom stereocenters. The first-order chi connectivity index (χ1) is 12.8. The van der Waals surface area contributed by atoms with Gasteiger partial charge in [0.25, 0.3) is 15.9 Å². The van der Waals surface area contributed by atoms with Gasteiger partial charge >= 0.3 is 0 Å². The van der Waals surface area contributed by atoms with Crippen molar-refractivity contribution >= 4 is 33.2 Å². The van der Waals surface area contributed by atoms with Gasteiger partial charge in [-0.3, -0.25) is 9.10 Å². The van der Waals surface area contributed by atoms with E-state index in [4.69, 9.17) is 11.6 Å². The van der Waals surface area contributed by atoms with Gasteiger partial charge in [-0.15, -0.1) is 0 Å². The molecule has 3 rings (SSSR count). The van der Waals surface area contributed by atoms with E-state index < -0.39 is 10.0 Å². The van der Waals surface area contributed by atoms with Gasteiger partial charge in [0.1, 0.15) is 0 Å². The summed E-state index contributed by atoms with van der Waals surface area (Å²) < 4.78 is 26.9. The summed E-state index contributed by atoms with van der Waals surface area (Å²) in [5.41, 5.74) is 0.945. The fourth-order valence-corrected chi connectivity index (χ4v) is 4.61. The molecule has 1 fully saturated rings. The van der Waals surface area contributed by atoms with Crippen LogP contribution in [0.5, 0.6) is 0 Å². The van der Waals surface area contributed by atoms with Gasteiger partial charge in [0.15, 0.2) is 0 Å². The van der Waals surface area contributed by atoms with E-state index in [0.717, 1.165) is 25.9 Å². The minimum absolute atomic E-state index is 0.0549. The van der Waals surface area contributed by atoms with Crippen LogP contribution in [0.15, 0.2) is 53.4 Å². The third kappa shape index (κ3) is 4.28. The maximum absolute atomic E-state index is 12.9. The fourth-order valence-electron chi connectivity index (χ4n) is 3.29. The summed E-state index contributed by atoms with van der Waals surface area (Å²) in [4.78, 5) is 14.8. The lowest BCUT2D eigenvalue weighted by Gasteiger charge is -2.31. The first-order valence-corrected chi connectivity index (χ1v) is 10.7. The molecule has 1 heterocycles. The second-order valence-corrected chi connectivity index (χ2v) is 9.38. The number of nitrogens with zero attached hydrogens (tertiary/aromatic N) is 2. The molecule has 0 saturated carbocycles. The van der Waals surface area contributed by atoms with Crippen LogP contribution >= 0.6 is 11.6 Å². The van der Waals surface area contributed by atoms with Gasteiger partial charge in [-0.2, -0.15) is 0 Å². The van der Waals surface area contributed by atoms with E-state index in [1.165, 1.54) is 23.5 Å². The number of carbonyl (C=O) groups excluding carboxylic acids is 1. The first kappa shape index (κ1) is 19.7. The van der Waals surface area contributed by atoms with Crippen molar-refractivity contribution in [3.63, 3.8) is 0 Å². The third-order valence-electron chi connectivity index (χ3n) is 4.87. The van der Waals surface area contributed by atoms with Crippen molar-refractivity contribution in [1.29, 1.82) is 0 Å². The van der Waals surface area contributed by atoms with E-state index in [-0.39, 0.29) is 10.8 Å². The average molecular weight is 407 g/mol. The topological polar surface area (TPSA) is 57.7 Å². The van der Waals surface area contributed by atoms with Crippen LogP contribution < -0.4 is 4.31 Å². The zero-order valence-corrected chi connectivity index (χ0v) is 17.0. The van der Waals surface area contributed by atoms with Crippen LogP contribution in [0, 0.1) is 5.92 Å². The molecule has 27 heavy (non-hydrogen) atoms. The highest BCUT2D eigenvalue weighted by atomic mass is 35.5. The van der Waals surface area contributed by atoms with Gasteiger partial charge in [-0.25, -0.2) is 8.42 Å². The molecule has 0 aromatic heterocycles. The highest BCUT2D eigenvalue weighted by molar-refractivity contribution is 7.92. The smallest absolute Gasteiger partial charge is 0.264 e. The molecule has 1 aliphatic rings. The number of benzene rings is 2. The van der Waals surface area contributed by atoms with Crippen LogP contribution in [-0.4, -0.2) is 39.4 Å². The molecule has 0 N–H and O–H groups in total. The van der Waals surface area contributed by atoms with Crippen molar-refractivity contribution in [2.45, 2.75) is 24.7 Å². The molecule has 2 aromatic rings. The van der Waals surface area contributed by atoms with Crippen molar-refractivity contribution in [1.82, 2.24) is 4.90 Å². The zero-order valence-electron chi connectivity index (χ0n) is 15.4. The number of halogens is 1. The van der Waals surface area contributed by atoms with E-state index >= 15 is 0 Å². The second-order valence-electron chi connectivity index (χ2n) is 6.98. The Balaban J connectivity index is 1.86. The Bertz CT molecular complexity index is 928. The Hall–Kier alpha value is -2.05. The van der Waals surface area contributed by atoms with Crippen LogP contribution in [0.4, 0.5) is 5.69 Å². The number of likely N-dealkylation sites (tertiary alicyclic amines) is 1. The van der Waals surface area contributed by atoms with Gasteiger partial charge < -0.3 is 4.90 Å². The first-order valence-electron chi connectivity index (χ1n) is 8.93. The lowest BCUT2D eigenvalue weighted by molar-refractivity contribution is 0.0683. The molecule has 1 amide bonds. The fraction of sp³-hybridized carbons (Fsp3) is 0.350. The quantitative estimate of drug-likeness (QED) is 0.769. The van der Waals surface area contributed by atoms with Crippen LogP contribution in [0.25, 0.3) is 0 Å². The Morgan fingerprint density at radius 2 is 1.89 bits per heavy atom. The van der Waals surface area contributed by atoms with Crippen LogP contribution in [0.1, 0.15) is 30.1 Å².